The second kappa shape index (κ2) is 6.39. The minimum Gasteiger partial charge on any atom is -0.378 e. The largest absolute Gasteiger partial charge is 0.378 e. The molecule has 0 saturated carbocycles. The summed E-state index contributed by atoms with van der Waals surface area (Å²) in [4.78, 5) is 0. The molecule has 1 fully saturated rings. The first-order valence-corrected chi connectivity index (χ1v) is 6.74. The van der Waals surface area contributed by atoms with Gasteiger partial charge in [0.2, 0.25) is 0 Å². The summed E-state index contributed by atoms with van der Waals surface area (Å²) in [5, 5.41) is 0.781. The van der Waals surface area contributed by atoms with Gasteiger partial charge in [0.05, 0.1) is 6.10 Å². The van der Waals surface area contributed by atoms with Crippen LogP contribution in [0, 0.1) is 0 Å². The molecule has 3 heteroatoms. The van der Waals surface area contributed by atoms with Crippen molar-refractivity contribution in [1.29, 1.82) is 0 Å². The lowest BCUT2D eigenvalue weighted by Crippen LogP contribution is -2.15. The maximum atomic E-state index is 5.89. The highest BCUT2D eigenvalue weighted by molar-refractivity contribution is 6.30. The van der Waals surface area contributed by atoms with Gasteiger partial charge in [-0.1, -0.05) is 23.7 Å². The van der Waals surface area contributed by atoms with E-state index in [1.54, 1.807) is 0 Å². The van der Waals surface area contributed by atoms with E-state index in [1.165, 1.54) is 18.4 Å². The first-order valence-electron chi connectivity index (χ1n) is 6.36. The predicted octanol–water partition coefficient (Wildman–Crippen LogP) is 3.34. The molecule has 17 heavy (non-hydrogen) atoms. The van der Waals surface area contributed by atoms with Crippen molar-refractivity contribution in [1.82, 2.24) is 0 Å². The smallest absolute Gasteiger partial charge is 0.0576 e. The molecule has 0 amide bonds. The molecule has 1 aromatic carbocycles. The van der Waals surface area contributed by atoms with E-state index in [0.29, 0.717) is 18.6 Å². The molecule has 2 rings (SSSR count). The lowest BCUT2D eigenvalue weighted by molar-refractivity contribution is 0.101. The van der Waals surface area contributed by atoms with Gasteiger partial charge in [0.15, 0.2) is 0 Å². The number of ether oxygens (including phenoxy) is 1. The molecular formula is C14H20ClNO. The average Bonchev–Trinajstić information content (AvgIpc) is 2.85. The standard InChI is InChI=1S/C14H20ClNO/c15-13-6-3-11(4-7-13)12(10-16)5-8-14-2-1-9-17-14/h3-4,6-7,12,14H,1-2,5,8-10,16H2. The number of rotatable bonds is 5. The van der Waals surface area contributed by atoms with Crippen molar-refractivity contribution in [2.24, 2.45) is 5.73 Å². The number of benzene rings is 1. The summed E-state index contributed by atoms with van der Waals surface area (Å²) in [6, 6.07) is 8.03. The Hall–Kier alpha value is -0.570. The van der Waals surface area contributed by atoms with Gasteiger partial charge in [0.25, 0.3) is 0 Å². The molecule has 0 bridgehead atoms. The fraction of sp³-hybridized carbons (Fsp3) is 0.571. The Morgan fingerprint density at radius 3 is 2.71 bits per heavy atom. The molecule has 0 aliphatic carbocycles. The van der Waals surface area contributed by atoms with Crippen LogP contribution in [0.1, 0.15) is 37.2 Å². The fourth-order valence-corrected chi connectivity index (χ4v) is 2.54. The zero-order chi connectivity index (χ0) is 12.1. The van der Waals surface area contributed by atoms with E-state index >= 15 is 0 Å². The molecule has 2 nitrogen and oxygen atoms in total. The lowest BCUT2D eigenvalue weighted by atomic mass is 9.92. The van der Waals surface area contributed by atoms with E-state index in [2.05, 4.69) is 12.1 Å². The third kappa shape index (κ3) is 3.70. The molecule has 1 saturated heterocycles. The summed E-state index contributed by atoms with van der Waals surface area (Å²) >= 11 is 5.89. The summed E-state index contributed by atoms with van der Waals surface area (Å²) in [5.41, 5.74) is 7.14. The molecule has 1 aliphatic rings. The van der Waals surface area contributed by atoms with Crippen LogP contribution in [0.5, 0.6) is 0 Å². The topological polar surface area (TPSA) is 35.2 Å². The van der Waals surface area contributed by atoms with Crippen LogP contribution in [0.25, 0.3) is 0 Å². The summed E-state index contributed by atoms with van der Waals surface area (Å²) in [6.45, 7) is 1.62. The molecule has 2 unspecified atom stereocenters. The molecule has 0 radical (unpaired) electrons. The molecular weight excluding hydrogens is 234 g/mol. The van der Waals surface area contributed by atoms with Crippen LogP contribution < -0.4 is 5.73 Å². The van der Waals surface area contributed by atoms with E-state index in [0.717, 1.165) is 24.5 Å². The normalized spacial score (nSPS) is 21.6. The zero-order valence-electron chi connectivity index (χ0n) is 10.1. The van der Waals surface area contributed by atoms with Crippen molar-refractivity contribution in [3.63, 3.8) is 0 Å². The highest BCUT2D eigenvalue weighted by Crippen LogP contribution is 2.25. The highest BCUT2D eigenvalue weighted by Gasteiger charge is 2.18. The van der Waals surface area contributed by atoms with Gasteiger partial charge in [-0.25, -0.2) is 0 Å². The van der Waals surface area contributed by atoms with Crippen LogP contribution in [0.15, 0.2) is 24.3 Å². The van der Waals surface area contributed by atoms with Gasteiger partial charge < -0.3 is 10.5 Å². The molecule has 1 aromatic rings. The van der Waals surface area contributed by atoms with Gasteiger partial charge in [-0.15, -0.1) is 0 Å². The van der Waals surface area contributed by atoms with Crippen molar-refractivity contribution < 1.29 is 4.74 Å². The first kappa shape index (κ1) is 12.9. The van der Waals surface area contributed by atoms with Crippen LogP contribution in [-0.4, -0.2) is 19.3 Å². The third-order valence-corrected chi connectivity index (χ3v) is 3.74. The van der Waals surface area contributed by atoms with Crippen LogP contribution in [0.4, 0.5) is 0 Å². The van der Waals surface area contributed by atoms with Gasteiger partial charge in [0.1, 0.15) is 0 Å². The van der Waals surface area contributed by atoms with Gasteiger partial charge in [-0.2, -0.15) is 0 Å². The van der Waals surface area contributed by atoms with E-state index in [1.807, 2.05) is 12.1 Å². The van der Waals surface area contributed by atoms with Gasteiger partial charge in [-0.05, 0) is 55.8 Å². The van der Waals surface area contributed by atoms with Crippen molar-refractivity contribution in [3.05, 3.63) is 34.9 Å². The monoisotopic (exact) mass is 253 g/mol. The first-order chi connectivity index (χ1) is 8.29. The molecule has 1 aliphatic heterocycles. The van der Waals surface area contributed by atoms with Gasteiger partial charge in [0, 0.05) is 11.6 Å². The third-order valence-electron chi connectivity index (χ3n) is 3.49. The maximum absolute atomic E-state index is 5.89. The van der Waals surface area contributed by atoms with E-state index in [4.69, 9.17) is 22.1 Å². The Labute approximate surface area is 108 Å². The summed E-state index contributed by atoms with van der Waals surface area (Å²) in [6.07, 6.45) is 5.08. The molecule has 2 atom stereocenters. The molecule has 2 N–H and O–H groups in total. The minimum absolute atomic E-state index is 0.427. The second-order valence-electron chi connectivity index (χ2n) is 4.70. The van der Waals surface area contributed by atoms with Crippen molar-refractivity contribution in [2.45, 2.75) is 37.7 Å². The molecule has 94 valence electrons. The number of hydrogen-bond donors (Lipinski definition) is 1. The highest BCUT2D eigenvalue weighted by atomic mass is 35.5. The van der Waals surface area contributed by atoms with Gasteiger partial charge in [-0.3, -0.25) is 0 Å². The van der Waals surface area contributed by atoms with Crippen LogP contribution >= 0.6 is 11.6 Å². The van der Waals surface area contributed by atoms with E-state index in [-0.39, 0.29) is 0 Å². The van der Waals surface area contributed by atoms with Crippen molar-refractivity contribution in [2.75, 3.05) is 13.2 Å². The van der Waals surface area contributed by atoms with Crippen LogP contribution in [0.3, 0.4) is 0 Å². The second-order valence-corrected chi connectivity index (χ2v) is 5.13. The molecule has 1 heterocycles. The van der Waals surface area contributed by atoms with Crippen molar-refractivity contribution in [3.8, 4) is 0 Å². The number of hydrogen-bond acceptors (Lipinski definition) is 2. The van der Waals surface area contributed by atoms with Crippen LogP contribution in [-0.2, 0) is 4.74 Å². The van der Waals surface area contributed by atoms with E-state index < -0.39 is 0 Å². The maximum Gasteiger partial charge on any atom is 0.0576 e. The zero-order valence-corrected chi connectivity index (χ0v) is 10.8. The van der Waals surface area contributed by atoms with E-state index in [9.17, 15) is 0 Å². The SMILES string of the molecule is NCC(CCC1CCCO1)c1ccc(Cl)cc1. The van der Waals surface area contributed by atoms with Gasteiger partial charge >= 0.3 is 0 Å². The number of halogens is 1. The Bertz CT molecular complexity index is 333. The number of nitrogens with two attached hydrogens (primary N) is 1. The summed E-state index contributed by atoms with van der Waals surface area (Å²) in [7, 11) is 0. The molecule has 0 aromatic heterocycles. The lowest BCUT2D eigenvalue weighted by Gasteiger charge is -2.17. The van der Waals surface area contributed by atoms with Crippen molar-refractivity contribution >= 4 is 11.6 Å². The van der Waals surface area contributed by atoms with Crippen LogP contribution in [0.2, 0.25) is 5.02 Å². The Morgan fingerprint density at radius 1 is 1.35 bits per heavy atom. The Kier molecular flexibility index (Phi) is 4.84. The summed E-state index contributed by atoms with van der Waals surface area (Å²) < 4.78 is 5.64. The predicted molar refractivity (Wildman–Crippen MR) is 71.5 cm³/mol. The minimum atomic E-state index is 0.427. The average molecular weight is 254 g/mol. The summed E-state index contributed by atoms with van der Waals surface area (Å²) in [5.74, 6) is 0.427. The Morgan fingerprint density at radius 2 is 2.12 bits per heavy atom. The fourth-order valence-electron chi connectivity index (χ4n) is 2.41. The quantitative estimate of drug-likeness (QED) is 0.874. The molecule has 0 spiro atoms. The Balaban J connectivity index is 1.89.